The highest BCUT2D eigenvalue weighted by Crippen LogP contribution is 2.31. The first-order chi connectivity index (χ1) is 10.3. The Morgan fingerprint density at radius 2 is 1.62 bits per heavy atom. The van der Waals surface area contributed by atoms with Crippen molar-refractivity contribution in [2.75, 3.05) is 33.3 Å². The molecule has 112 valence electrons. The number of hydrogen-bond acceptors (Lipinski definition) is 4. The van der Waals surface area contributed by atoms with Crippen LogP contribution in [0.25, 0.3) is 0 Å². The molecule has 0 radical (unpaired) electrons. The van der Waals surface area contributed by atoms with Crippen LogP contribution in [0, 0.1) is 0 Å². The summed E-state index contributed by atoms with van der Waals surface area (Å²) >= 11 is 0. The lowest BCUT2D eigenvalue weighted by molar-refractivity contribution is 0.186. The molecule has 0 aromatic heterocycles. The SMILES string of the molecule is COCC(Nc1ccc(OC)c(OC)c1)c1ccccc1. The zero-order valence-electron chi connectivity index (χ0n) is 12.6. The summed E-state index contributed by atoms with van der Waals surface area (Å²) in [6, 6.07) is 16.1. The fraction of sp³-hybridized carbons (Fsp3) is 0.294. The maximum atomic E-state index is 5.33. The molecule has 0 fully saturated rings. The van der Waals surface area contributed by atoms with E-state index in [1.54, 1.807) is 21.3 Å². The first-order valence-electron chi connectivity index (χ1n) is 6.81. The van der Waals surface area contributed by atoms with Crippen molar-refractivity contribution in [2.45, 2.75) is 6.04 Å². The van der Waals surface area contributed by atoms with E-state index in [4.69, 9.17) is 14.2 Å². The van der Waals surface area contributed by atoms with Crippen LogP contribution in [0.3, 0.4) is 0 Å². The van der Waals surface area contributed by atoms with E-state index < -0.39 is 0 Å². The molecule has 0 spiro atoms. The van der Waals surface area contributed by atoms with Crippen molar-refractivity contribution in [3.05, 3.63) is 54.1 Å². The largest absolute Gasteiger partial charge is 0.493 e. The fourth-order valence-corrected chi connectivity index (χ4v) is 2.20. The molecule has 0 saturated carbocycles. The third-order valence-electron chi connectivity index (χ3n) is 3.26. The van der Waals surface area contributed by atoms with E-state index >= 15 is 0 Å². The van der Waals surface area contributed by atoms with E-state index in [9.17, 15) is 0 Å². The highest BCUT2D eigenvalue weighted by molar-refractivity contribution is 5.55. The van der Waals surface area contributed by atoms with Crippen molar-refractivity contribution in [3.8, 4) is 11.5 Å². The summed E-state index contributed by atoms with van der Waals surface area (Å²) in [5.41, 5.74) is 2.13. The standard InChI is InChI=1S/C17H21NO3/c1-19-12-15(13-7-5-4-6-8-13)18-14-9-10-16(20-2)17(11-14)21-3/h4-11,15,18H,12H2,1-3H3. The maximum absolute atomic E-state index is 5.33. The highest BCUT2D eigenvalue weighted by Gasteiger charge is 2.12. The van der Waals surface area contributed by atoms with Crippen LogP contribution in [0.5, 0.6) is 11.5 Å². The molecule has 0 amide bonds. The summed E-state index contributed by atoms with van der Waals surface area (Å²) < 4.78 is 15.9. The Morgan fingerprint density at radius 3 is 2.24 bits per heavy atom. The Hall–Kier alpha value is -2.20. The molecule has 1 N–H and O–H groups in total. The lowest BCUT2D eigenvalue weighted by Crippen LogP contribution is -2.16. The third-order valence-corrected chi connectivity index (χ3v) is 3.26. The topological polar surface area (TPSA) is 39.7 Å². The van der Waals surface area contributed by atoms with Crippen molar-refractivity contribution in [1.82, 2.24) is 0 Å². The van der Waals surface area contributed by atoms with Gasteiger partial charge < -0.3 is 19.5 Å². The van der Waals surface area contributed by atoms with Gasteiger partial charge in [-0.25, -0.2) is 0 Å². The number of ether oxygens (including phenoxy) is 3. The smallest absolute Gasteiger partial charge is 0.162 e. The molecule has 4 heteroatoms. The van der Waals surface area contributed by atoms with E-state index in [-0.39, 0.29) is 6.04 Å². The van der Waals surface area contributed by atoms with Crippen LogP contribution in [0.4, 0.5) is 5.69 Å². The molecule has 0 heterocycles. The van der Waals surface area contributed by atoms with Crippen LogP contribution < -0.4 is 14.8 Å². The molecule has 0 bridgehead atoms. The van der Waals surface area contributed by atoms with E-state index in [1.807, 2.05) is 36.4 Å². The highest BCUT2D eigenvalue weighted by atomic mass is 16.5. The minimum atomic E-state index is 0.0781. The Labute approximate surface area is 125 Å². The van der Waals surface area contributed by atoms with Gasteiger partial charge in [0.15, 0.2) is 11.5 Å². The number of rotatable bonds is 7. The van der Waals surface area contributed by atoms with E-state index in [0.29, 0.717) is 18.1 Å². The third kappa shape index (κ3) is 3.89. The average Bonchev–Trinajstić information content (AvgIpc) is 2.55. The van der Waals surface area contributed by atoms with Crippen LogP contribution >= 0.6 is 0 Å². The molecular weight excluding hydrogens is 266 g/mol. The van der Waals surface area contributed by atoms with Crippen molar-refractivity contribution in [2.24, 2.45) is 0 Å². The number of benzene rings is 2. The van der Waals surface area contributed by atoms with E-state index in [0.717, 1.165) is 5.69 Å². The molecule has 0 aliphatic rings. The van der Waals surface area contributed by atoms with Crippen LogP contribution in [-0.4, -0.2) is 27.9 Å². The second-order valence-electron chi connectivity index (χ2n) is 4.63. The van der Waals surface area contributed by atoms with Gasteiger partial charge in [-0.3, -0.25) is 0 Å². The molecule has 0 aliphatic carbocycles. The summed E-state index contributed by atoms with van der Waals surface area (Å²) in [5.74, 6) is 1.41. The molecule has 2 aromatic rings. The van der Waals surface area contributed by atoms with Gasteiger partial charge in [0.05, 0.1) is 26.9 Å². The Balaban J connectivity index is 2.21. The van der Waals surface area contributed by atoms with Crippen molar-refractivity contribution >= 4 is 5.69 Å². The monoisotopic (exact) mass is 287 g/mol. The number of hydrogen-bond donors (Lipinski definition) is 1. The van der Waals surface area contributed by atoms with Gasteiger partial charge in [0.2, 0.25) is 0 Å². The quantitative estimate of drug-likeness (QED) is 0.846. The zero-order chi connectivity index (χ0) is 15.1. The van der Waals surface area contributed by atoms with Gasteiger partial charge in [-0.15, -0.1) is 0 Å². The molecule has 21 heavy (non-hydrogen) atoms. The van der Waals surface area contributed by atoms with Crippen molar-refractivity contribution < 1.29 is 14.2 Å². The minimum Gasteiger partial charge on any atom is -0.493 e. The molecule has 1 unspecified atom stereocenters. The minimum absolute atomic E-state index is 0.0781. The van der Waals surface area contributed by atoms with Gasteiger partial charge in [-0.05, 0) is 17.7 Å². The normalized spacial score (nSPS) is 11.8. The molecule has 0 aliphatic heterocycles. The van der Waals surface area contributed by atoms with Crippen LogP contribution in [-0.2, 0) is 4.74 Å². The Morgan fingerprint density at radius 1 is 0.905 bits per heavy atom. The second kappa shape index (κ2) is 7.55. The lowest BCUT2D eigenvalue weighted by Gasteiger charge is -2.20. The predicted molar refractivity (Wildman–Crippen MR) is 84.2 cm³/mol. The van der Waals surface area contributed by atoms with Gasteiger partial charge in [-0.1, -0.05) is 30.3 Å². The molecule has 2 rings (SSSR count). The maximum Gasteiger partial charge on any atom is 0.162 e. The van der Waals surface area contributed by atoms with Crippen LogP contribution in [0.1, 0.15) is 11.6 Å². The first-order valence-corrected chi connectivity index (χ1v) is 6.81. The summed E-state index contributed by atoms with van der Waals surface area (Å²) in [6.45, 7) is 0.582. The number of anilines is 1. The van der Waals surface area contributed by atoms with Gasteiger partial charge >= 0.3 is 0 Å². The van der Waals surface area contributed by atoms with Gasteiger partial charge in [0.25, 0.3) is 0 Å². The Kier molecular flexibility index (Phi) is 5.46. The van der Waals surface area contributed by atoms with Crippen LogP contribution in [0.15, 0.2) is 48.5 Å². The predicted octanol–water partition coefficient (Wildman–Crippen LogP) is 3.50. The molecular formula is C17H21NO3. The Bertz CT molecular complexity index is 557. The summed E-state index contributed by atoms with van der Waals surface area (Å²) in [7, 11) is 4.96. The van der Waals surface area contributed by atoms with Gasteiger partial charge in [0, 0.05) is 18.9 Å². The molecule has 1 atom stereocenters. The summed E-state index contributed by atoms with van der Waals surface area (Å²) in [5, 5.41) is 3.46. The van der Waals surface area contributed by atoms with Gasteiger partial charge in [0.1, 0.15) is 0 Å². The van der Waals surface area contributed by atoms with E-state index in [1.165, 1.54) is 5.56 Å². The molecule has 2 aromatic carbocycles. The van der Waals surface area contributed by atoms with E-state index in [2.05, 4.69) is 17.4 Å². The summed E-state index contributed by atoms with van der Waals surface area (Å²) in [6.07, 6.45) is 0. The molecule has 4 nitrogen and oxygen atoms in total. The van der Waals surface area contributed by atoms with Crippen molar-refractivity contribution in [1.29, 1.82) is 0 Å². The zero-order valence-corrected chi connectivity index (χ0v) is 12.6. The van der Waals surface area contributed by atoms with Crippen LogP contribution in [0.2, 0.25) is 0 Å². The summed E-state index contributed by atoms with van der Waals surface area (Å²) in [4.78, 5) is 0. The average molecular weight is 287 g/mol. The number of nitrogens with one attached hydrogen (secondary N) is 1. The first kappa shape index (κ1) is 15.2. The van der Waals surface area contributed by atoms with Crippen molar-refractivity contribution in [3.63, 3.8) is 0 Å². The van der Waals surface area contributed by atoms with Gasteiger partial charge in [-0.2, -0.15) is 0 Å². The number of methoxy groups -OCH3 is 3. The lowest BCUT2D eigenvalue weighted by atomic mass is 10.1. The fourth-order valence-electron chi connectivity index (χ4n) is 2.20. The molecule has 0 saturated heterocycles. The second-order valence-corrected chi connectivity index (χ2v) is 4.63.